The summed E-state index contributed by atoms with van der Waals surface area (Å²) in [4.78, 5) is 11.4. The van der Waals surface area contributed by atoms with Gasteiger partial charge in [0.1, 0.15) is 5.82 Å². The number of nitrogens with zero attached hydrogens (tertiary/aromatic N) is 3. The molecule has 100 valence electrons. The number of nitrogens with one attached hydrogen (secondary N) is 1. The van der Waals surface area contributed by atoms with Gasteiger partial charge in [0.15, 0.2) is 0 Å². The second-order valence-electron chi connectivity index (χ2n) is 3.28. The van der Waals surface area contributed by atoms with E-state index in [0.29, 0.717) is 0 Å². The second-order valence-corrected chi connectivity index (χ2v) is 4.44. The molecule has 1 aromatic carbocycles. The molecule has 0 aliphatic rings. The molecule has 0 aliphatic carbocycles. The molecular formula is C10H6Cl3FN4O. The Morgan fingerprint density at radius 3 is 2.32 bits per heavy atom. The van der Waals surface area contributed by atoms with Crippen LogP contribution in [0.15, 0.2) is 12.1 Å². The normalized spacial score (nSPS) is 10.4. The molecule has 0 saturated heterocycles. The maximum absolute atomic E-state index is 13.1. The Hall–Kier alpha value is -1.37. The molecule has 0 unspecified atom stereocenters. The summed E-state index contributed by atoms with van der Waals surface area (Å²) in [6, 6.07) is 2.24. The third-order valence-electron chi connectivity index (χ3n) is 2.01. The van der Waals surface area contributed by atoms with Gasteiger partial charge in [-0.2, -0.15) is 15.0 Å². The van der Waals surface area contributed by atoms with Gasteiger partial charge in [-0.1, -0.05) is 23.2 Å². The molecule has 0 atom stereocenters. The molecule has 1 heterocycles. The zero-order chi connectivity index (χ0) is 14.0. The van der Waals surface area contributed by atoms with Gasteiger partial charge in [-0.05, 0) is 23.7 Å². The van der Waals surface area contributed by atoms with E-state index in [1.165, 1.54) is 7.11 Å². The fourth-order valence-corrected chi connectivity index (χ4v) is 1.96. The maximum atomic E-state index is 13.1. The van der Waals surface area contributed by atoms with Crippen LogP contribution in [-0.4, -0.2) is 22.1 Å². The lowest BCUT2D eigenvalue weighted by Crippen LogP contribution is -2.02. The molecular weight excluding hydrogens is 317 g/mol. The summed E-state index contributed by atoms with van der Waals surface area (Å²) in [7, 11) is 1.38. The first-order valence-corrected chi connectivity index (χ1v) is 6.00. The molecule has 5 nitrogen and oxygen atoms in total. The van der Waals surface area contributed by atoms with Crippen LogP contribution >= 0.6 is 34.8 Å². The largest absolute Gasteiger partial charge is 0.467 e. The molecule has 0 spiro atoms. The Balaban J connectivity index is 2.39. The zero-order valence-corrected chi connectivity index (χ0v) is 11.7. The van der Waals surface area contributed by atoms with Crippen molar-refractivity contribution in [1.29, 1.82) is 0 Å². The minimum absolute atomic E-state index is 0.0249. The highest BCUT2D eigenvalue weighted by atomic mass is 35.5. The Kier molecular flexibility index (Phi) is 4.24. The first kappa shape index (κ1) is 14.0. The molecule has 0 bridgehead atoms. The third-order valence-corrected chi connectivity index (χ3v) is 2.78. The van der Waals surface area contributed by atoms with Crippen molar-refractivity contribution >= 4 is 46.4 Å². The number of rotatable bonds is 3. The van der Waals surface area contributed by atoms with Crippen molar-refractivity contribution in [3.63, 3.8) is 0 Å². The summed E-state index contributed by atoms with van der Waals surface area (Å²) in [5.41, 5.74) is 0.258. The van der Waals surface area contributed by atoms with E-state index in [0.717, 1.165) is 12.1 Å². The number of hydrogen-bond donors (Lipinski definition) is 1. The molecule has 0 amide bonds. The fourth-order valence-electron chi connectivity index (χ4n) is 1.25. The Morgan fingerprint density at radius 1 is 1.11 bits per heavy atom. The van der Waals surface area contributed by atoms with E-state index in [-0.39, 0.29) is 33.0 Å². The van der Waals surface area contributed by atoms with E-state index in [2.05, 4.69) is 20.3 Å². The summed E-state index contributed by atoms with van der Waals surface area (Å²) >= 11 is 17.4. The van der Waals surface area contributed by atoms with Gasteiger partial charge in [0.25, 0.3) is 0 Å². The van der Waals surface area contributed by atoms with Crippen LogP contribution in [-0.2, 0) is 0 Å². The van der Waals surface area contributed by atoms with Crippen LogP contribution in [0.3, 0.4) is 0 Å². The predicted molar refractivity (Wildman–Crippen MR) is 71.1 cm³/mol. The Morgan fingerprint density at radius 2 is 1.74 bits per heavy atom. The molecule has 0 saturated carbocycles. The van der Waals surface area contributed by atoms with Gasteiger partial charge in [0.2, 0.25) is 11.2 Å². The summed E-state index contributed by atoms with van der Waals surface area (Å²) in [5.74, 6) is -0.473. The molecule has 1 aromatic heterocycles. The van der Waals surface area contributed by atoms with E-state index in [9.17, 15) is 4.39 Å². The number of benzene rings is 1. The quantitative estimate of drug-likeness (QED) is 0.932. The first-order chi connectivity index (χ1) is 8.99. The topological polar surface area (TPSA) is 59.9 Å². The van der Waals surface area contributed by atoms with Crippen molar-refractivity contribution in [3.8, 4) is 6.01 Å². The second kappa shape index (κ2) is 5.73. The predicted octanol–water partition coefficient (Wildman–Crippen LogP) is 3.72. The van der Waals surface area contributed by atoms with Crippen LogP contribution in [0.1, 0.15) is 0 Å². The fraction of sp³-hybridized carbons (Fsp3) is 0.100. The van der Waals surface area contributed by atoms with Gasteiger partial charge in [-0.25, -0.2) is 4.39 Å². The van der Waals surface area contributed by atoms with Crippen LogP contribution < -0.4 is 10.1 Å². The molecule has 2 rings (SSSR count). The molecule has 0 fully saturated rings. The lowest BCUT2D eigenvalue weighted by atomic mass is 10.3. The summed E-state index contributed by atoms with van der Waals surface area (Å²) in [6.45, 7) is 0. The number of hydrogen-bond acceptors (Lipinski definition) is 5. The highest BCUT2D eigenvalue weighted by Gasteiger charge is 2.12. The minimum atomic E-state index is -0.549. The number of methoxy groups -OCH3 is 1. The minimum Gasteiger partial charge on any atom is -0.467 e. The van der Waals surface area contributed by atoms with E-state index in [1.807, 2.05) is 0 Å². The summed E-state index contributed by atoms with van der Waals surface area (Å²) in [5, 5.41) is 2.83. The van der Waals surface area contributed by atoms with Crippen molar-refractivity contribution in [1.82, 2.24) is 15.0 Å². The van der Waals surface area contributed by atoms with Crippen LogP contribution in [0.5, 0.6) is 6.01 Å². The third kappa shape index (κ3) is 3.34. The van der Waals surface area contributed by atoms with Crippen LogP contribution in [0, 0.1) is 5.82 Å². The molecule has 0 aliphatic heterocycles. The van der Waals surface area contributed by atoms with Gasteiger partial charge < -0.3 is 10.1 Å². The number of anilines is 2. The average molecular weight is 324 g/mol. The van der Waals surface area contributed by atoms with Gasteiger partial charge in [-0.15, -0.1) is 0 Å². The van der Waals surface area contributed by atoms with E-state index in [1.54, 1.807) is 0 Å². The molecule has 19 heavy (non-hydrogen) atoms. The van der Waals surface area contributed by atoms with Gasteiger partial charge >= 0.3 is 6.01 Å². The van der Waals surface area contributed by atoms with Crippen molar-refractivity contribution in [2.75, 3.05) is 12.4 Å². The van der Waals surface area contributed by atoms with Crippen molar-refractivity contribution < 1.29 is 9.13 Å². The monoisotopic (exact) mass is 322 g/mol. The van der Waals surface area contributed by atoms with E-state index < -0.39 is 5.82 Å². The van der Waals surface area contributed by atoms with Crippen LogP contribution in [0.2, 0.25) is 15.3 Å². The SMILES string of the molecule is COc1nc(Cl)nc(Nc2c(Cl)cc(F)cc2Cl)n1. The number of ether oxygens (including phenoxy) is 1. The number of aromatic nitrogens is 3. The number of halogens is 4. The lowest BCUT2D eigenvalue weighted by molar-refractivity contribution is 0.379. The first-order valence-electron chi connectivity index (χ1n) is 4.86. The highest BCUT2D eigenvalue weighted by Crippen LogP contribution is 2.33. The van der Waals surface area contributed by atoms with Gasteiger partial charge in [0.05, 0.1) is 22.8 Å². The lowest BCUT2D eigenvalue weighted by Gasteiger charge is -2.09. The van der Waals surface area contributed by atoms with Crippen LogP contribution in [0.25, 0.3) is 0 Å². The van der Waals surface area contributed by atoms with Crippen molar-refractivity contribution in [2.45, 2.75) is 0 Å². The van der Waals surface area contributed by atoms with Crippen molar-refractivity contribution in [2.24, 2.45) is 0 Å². The van der Waals surface area contributed by atoms with E-state index >= 15 is 0 Å². The van der Waals surface area contributed by atoms with Crippen molar-refractivity contribution in [3.05, 3.63) is 33.3 Å². The zero-order valence-electron chi connectivity index (χ0n) is 9.42. The standard InChI is InChI=1S/C10H6Cl3FN4O/c1-19-10-17-8(13)16-9(18-10)15-7-5(11)2-4(14)3-6(7)12/h2-3H,1H3,(H,15,16,17,18). The van der Waals surface area contributed by atoms with E-state index in [4.69, 9.17) is 39.5 Å². The molecule has 2 aromatic rings. The average Bonchev–Trinajstić information content (AvgIpc) is 2.33. The molecule has 1 N–H and O–H groups in total. The van der Waals surface area contributed by atoms with Gasteiger partial charge in [-0.3, -0.25) is 0 Å². The molecule has 0 radical (unpaired) electrons. The maximum Gasteiger partial charge on any atom is 0.322 e. The Bertz CT molecular complexity index is 603. The van der Waals surface area contributed by atoms with Gasteiger partial charge in [0, 0.05) is 0 Å². The highest BCUT2D eigenvalue weighted by molar-refractivity contribution is 6.39. The summed E-state index contributed by atoms with van der Waals surface area (Å²) < 4.78 is 17.9. The van der Waals surface area contributed by atoms with Crippen LogP contribution in [0.4, 0.5) is 16.0 Å². The summed E-state index contributed by atoms with van der Waals surface area (Å²) in [6.07, 6.45) is 0. The Labute approximate surface area is 122 Å². The smallest absolute Gasteiger partial charge is 0.322 e. The molecule has 9 heteroatoms.